The van der Waals surface area contributed by atoms with Crippen molar-refractivity contribution in [2.24, 2.45) is 5.92 Å². The summed E-state index contributed by atoms with van der Waals surface area (Å²) in [6, 6.07) is 8.07. The maximum atomic E-state index is 5.27. The van der Waals surface area contributed by atoms with Crippen molar-refractivity contribution in [2.45, 2.75) is 11.4 Å². The van der Waals surface area contributed by atoms with E-state index >= 15 is 0 Å². The molecule has 0 radical (unpaired) electrons. The fourth-order valence-corrected chi connectivity index (χ4v) is 3.22. The summed E-state index contributed by atoms with van der Waals surface area (Å²) in [7, 11) is 1.69. The van der Waals surface area contributed by atoms with Crippen molar-refractivity contribution in [3.63, 3.8) is 0 Å². The maximum Gasteiger partial charge on any atom is 0.120 e. The van der Waals surface area contributed by atoms with Gasteiger partial charge < -0.3 is 10.2 Å². The number of alkyl halides is 1. The number of hydrogen-bond acceptors (Lipinski definition) is 3. The van der Waals surface area contributed by atoms with E-state index in [4.69, 9.17) is 4.74 Å². The summed E-state index contributed by atoms with van der Waals surface area (Å²) in [5.74, 6) is 1.36. The molecule has 3 rings (SSSR count). The third-order valence-electron chi connectivity index (χ3n) is 3.36. The third-order valence-corrected chi connectivity index (χ3v) is 4.41. The van der Waals surface area contributed by atoms with Crippen LogP contribution in [-0.2, 0) is 0 Å². The van der Waals surface area contributed by atoms with Crippen molar-refractivity contribution < 1.29 is 4.74 Å². The Labute approximate surface area is 115 Å². The zero-order valence-electron chi connectivity index (χ0n) is 10.1. The van der Waals surface area contributed by atoms with Gasteiger partial charge in [-0.2, -0.15) is 0 Å². The van der Waals surface area contributed by atoms with Crippen LogP contribution in [0.4, 0.5) is 5.69 Å². The predicted octanol–water partition coefficient (Wildman–Crippen LogP) is 3.20. The second-order valence-corrected chi connectivity index (χ2v) is 5.39. The van der Waals surface area contributed by atoms with Gasteiger partial charge in [-0.1, -0.05) is 34.1 Å². The summed E-state index contributed by atoms with van der Waals surface area (Å²) in [5.41, 5.74) is 5.82. The molecule has 2 atom stereocenters. The van der Waals surface area contributed by atoms with Gasteiger partial charge in [0.2, 0.25) is 0 Å². The number of hydrogen-bond donors (Lipinski definition) is 1. The molecular formula is C14H15BrN2O. The van der Waals surface area contributed by atoms with E-state index in [2.05, 4.69) is 50.7 Å². The molecule has 2 aliphatic rings. The Morgan fingerprint density at radius 2 is 2.33 bits per heavy atom. The topological polar surface area (TPSA) is 24.5 Å². The SMILES string of the molecule is COc1cccc(N2NC3=CC=CCC3C2Br)c1. The van der Waals surface area contributed by atoms with Crippen molar-refractivity contribution >= 4 is 21.6 Å². The predicted molar refractivity (Wildman–Crippen MR) is 76.7 cm³/mol. The summed E-state index contributed by atoms with van der Waals surface area (Å²) in [5, 5.41) is 2.14. The first-order chi connectivity index (χ1) is 8.79. The van der Waals surface area contributed by atoms with E-state index < -0.39 is 0 Å². The van der Waals surface area contributed by atoms with Crippen LogP contribution in [0.5, 0.6) is 5.75 Å². The first-order valence-corrected chi connectivity index (χ1v) is 6.92. The molecule has 0 spiro atoms. The fraction of sp³-hybridized carbons (Fsp3) is 0.286. The van der Waals surface area contributed by atoms with Crippen LogP contribution in [0.15, 0.2) is 48.2 Å². The number of fused-ring (bicyclic) bond motifs is 1. The molecule has 1 aromatic carbocycles. The minimum atomic E-state index is 0.265. The number of benzene rings is 1. The first kappa shape index (κ1) is 11.7. The van der Waals surface area contributed by atoms with Gasteiger partial charge in [-0.15, -0.1) is 0 Å². The number of halogens is 1. The van der Waals surface area contributed by atoms with Crippen molar-refractivity contribution in [3.05, 3.63) is 48.2 Å². The average Bonchev–Trinajstić information content (AvgIpc) is 2.77. The van der Waals surface area contributed by atoms with Crippen LogP contribution in [0.2, 0.25) is 0 Å². The Kier molecular flexibility index (Phi) is 3.04. The molecule has 0 aromatic heterocycles. The lowest BCUT2D eigenvalue weighted by atomic mass is 9.99. The van der Waals surface area contributed by atoms with Gasteiger partial charge in [0.25, 0.3) is 0 Å². The zero-order chi connectivity index (χ0) is 12.5. The molecule has 1 fully saturated rings. The van der Waals surface area contributed by atoms with Gasteiger partial charge in [0, 0.05) is 17.7 Å². The Morgan fingerprint density at radius 3 is 3.11 bits per heavy atom. The average molecular weight is 307 g/mol. The van der Waals surface area contributed by atoms with E-state index in [1.54, 1.807) is 7.11 Å². The number of nitrogens with zero attached hydrogens (tertiary/aromatic N) is 1. The number of anilines is 1. The molecule has 0 bridgehead atoms. The summed E-state index contributed by atoms with van der Waals surface area (Å²) in [4.78, 5) is 0.265. The van der Waals surface area contributed by atoms with E-state index in [1.165, 1.54) is 5.70 Å². The largest absolute Gasteiger partial charge is 0.497 e. The van der Waals surface area contributed by atoms with Gasteiger partial charge in [-0.25, -0.2) is 0 Å². The van der Waals surface area contributed by atoms with E-state index in [9.17, 15) is 0 Å². The normalized spacial score (nSPS) is 25.4. The van der Waals surface area contributed by atoms with Crippen LogP contribution >= 0.6 is 15.9 Å². The number of allylic oxidation sites excluding steroid dienone is 3. The van der Waals surface area contributed by atoms with Crippen molar-refractivity contribution in [1.82, 2.24) is 5.43 Å². The van der Waals surface area contributed by atoms with Crippen LogP contribution in [0.1, 0.15) is 6.42 Å². The molecule has 1 heterocycles. The van der Waals surface area contributed by atoms with Gasteiger partial charge >= 0.3 is 0 Å². The van der Waals surface area contributed by atoms with Gasteiger partial charge in [0.15, 0.2) is 0 Å². The van der Waals surface area contributed by atoms with Gasteiger partial charge in [-0.05, 0) is 24.6 Å². The van der Waals surface area contributed by atoms with Crippen LogP contribution < -0.4 is 15.2 Å². The van der Waals surface area contributed by atoms with Crippen molar-refractivity contribution in [3.8, 4) is 5.75 Å². The van der Waals surface area contributed by atoms with Gasteiger partial charge in [0.1, 0.15) is 10.7 Å². The Bertz CT molecular complexity index is 512. The molecule has 4 heteroatoms. The second kappa shape index (κ2) is 4.69. The Balaban J connectivity index is 1.89. The molecular weight excluding hydrogens is 292 g/mol. The third kappa shape index (κ3) is 1.90. The molecule has 1 aromatic rings. The van der Waals surface area contributed by atoms with E-state index in [1.807, 2.05) is 18.2 Å². The van der Waals surface area contributed by atoms with Gasteiger partial charge in [0.05, 0.1) is 12.8 Å². The molecule has 1 N–H and O–H groups in total. The highest BCUT2D eigenvalue weighted by molar-refractivity contribution is 9.09. The monoisotopic (exact) mass is 306 g/mol. The lowest BCUT2D eigenvalue weighted by molar-refractivity contribution is 0.414. The molecule has 2 unspecified atom stereocenters. The lowest BCUT2D eigenvalue weighted by Crippen LogP contribution is -2.34. The highest BCUT2D eigenvalue weighted by atomic mass is 79.9. The number of rotatable bonds is 2. The lowest BCUT2D eigenvalue weighted by Gasteiger charge is -2.23. The van der Waals surface area contributed by atoms with E-state index in [0.717, 1.165) is 17.9 Å². The smallest absolute Gasteiger partial charge is 0.120 e. The van der Waals surface area contributed by atoms with E-state index in [-0.39, 0.29) is 4.95 Å². The molecule has 0 saturated carbocycles. The summed E-state index contributed by atoms with van der Waals surface area (Å²) in [6.07, 6.45) is 7.52. The minimum Gasteiger partial charge on any atom is -0.497 e. The standard InChI is InChI=1S/C14H15BrN2O/c1-18-11-6-4-5-10(9-11)17-14(15)12-7-2-3-8-13(12)16-17/h2-6,8-9,12,14,16H,7H2,1H3. The summed E-state index contributed by atoms with van der Waals surface area (Å²) >= 11 is 3.78. The number of nitrogens with one attached hydrogen (secondary N) is 1. The highest BCUT2D eigenvalue weighted by Gasteiger charge is 2.36. The second-order valence-electron chi connectivity index (χ2n) is 4.45. The molecule has 1 aliphatic carbocycles. The van der Waals surface area contributed by atoms with E-state index in [0.29, 0.717) is 5.92 Å². The summed E-state index contributed by atoms with van der Waals surface area (Å²) in [6.45, 7) is 0. The minimum absolute atomic E-state index is 0.265. The maximum absolute atomic E-state index is 5.27. The molecule has 1 aliphatic heterocycles. The Hall–Kier alpha value is -1.42. The zero-order valence-corrected chi connectivity index (χ0v) is 11.7. The number of methoxy groups -OCH3 is 1. The number of hydrazine groups is 1. The van der Waals surface area contributed by atoms with Crippen molar-refractivity contribution in [1.29, 1.82) is 0 Å². The van der Waals surface area contributed by atoms with Crippen molar-refractivity contribution in [2.75, 3.05) is 12.1 Å². The molecule has 0 amide bonds. The first-order valence-electron chi connectivity index (χ1n) is 6.00. The Morgan fingerprint density at radius 1 is 1.44 bits per heavy atom. The van der Waals surface area contributed by atoms with Crippen LogP contribution in [0.25, 0.3) is 0 Å². The molecule has 3 nitrogen and oxygen atoms in total. The highest BCUT2D eigenvalue weighted by Crippen LogP contribution is 2.37. The van der Waals surface area contributed by atoms with Crippen LogP contribution in [-0.4, -0.2) is 12.1 Å². The van der Waals surface area contributed by atoms with Crippen LogP contribution in [0.3, 0.4) is 0 Å². The molecule has 18 heavy (non-hydrogen) atoms. The van der Waals surface area contributed by atoms with Crippen LogP contribution in [0, 0.1) is 5.92 Å². The molecule has 1 saturated heterocycles. The molecule has 94 valence electrons. The number of ether oxygens (including phenoxy) is 1. The quantitative estimate of drug-likeness (QED) is 0.671. The summed E-state index contributed by atoms with van der Waals surface area (Å²) < 4.78 is 5.27. The van der Waals surface area contributed by atoms with Gasteiger partial charge in [-0.3, -0.25) is 5.01 Å². The fourth-order valence-electron chi connectivity index (χ4n) is 2.38.